The van der Waals surface area contributed by atoms with Crippen molar-refractivity contribution in [2.24, 2.45) is 11.5 Å². The summed E-state index contributed by atoms with van der Waals surface area (Å²) in [4.78, 5) is 68.3. The highest BCUT2D eigenvalue weighted by Gasteiger charge is 2.36. The first kappa shape index (κ1) is 55.9. The minimum atomic E-state index is -1.16. The Bertz CT molecular complexity index is 2450. The minimum absolute atomic E-state index is 0.0870. The van der Waals surface area contributed by atoms with Gasteiger partial charge in [-0.2, -0.15) is 0 Å². The lowest BCUT2D eigenvalue weighted by atomic mass is 9.76. The Morgan fingerprint density at radius 2 is 1.01 bits per heavy atom. The maximum atomic E-state index is 14.7. The molecule has 5 amide bonds. The molecule has 0 radical (unpaired) electrons. The quantitative estimate of drug-likeness (QED) is 0.0177. The van der Waals surface area contributed by atoms with Crippen LogP contribution in [0.3, 0.4) is 0 Å². The van der Waals surface area contributed by atoms with Crippen molar-refractivity contribution in [3.8, 4) is 5.75 Å². The van der Waals surface area contributed by atoms with Crippen molar-refractivity contribution >= 4 is 29.7 Å². The molecule has 9 N–H and O–H groups in total. The molecule has 0 aromatic heterocycles. The van der Waals surface area contributed by atoms with E-state index >= 15 is 0 Å². The summed E-state index contributed by atoms with van der Waals surface area (Å²) in [5.74, 6) is -1.80. The average molecular weight is 982 g/mol. The van der Waals surface area contributed by atoms with Crippen molar-refractivity contribution in [1.82, 2.24) is 26.6 Å². The SMILES string of the molecule is Cc1ccc(C(NCCCC[C@H](NC(=O)[C@H](CCCNC(N)=O)NC(=O)[C@@H](N)Cc2ccccc2)C(=O)N[C@@H](Cc2ccc(OC(C)(C)C)cc2)C(=O)OC(C)(C)C)(c2ccccc2)c2ccccc2)cc1. The summed E-state index contributed by atoms with van der Waals surface area (Å²) in [6.07, 6.45) is 1.89. The predicted octanol–water partition coefficient (Wildman–Crippen LogP) is 7.28. The van der Waals surface area contributed by atoms with Crippen molar-refractivity contribution in [3.63, 3.8) is 0 Å². The largest absolute Gasteiger partial charge is 0.488 e. The predicted molar refractivity (Wildman–Crippen MR) is 283 cm³/mol. The van der Waals surface area contributed by atoms with Gasteiger partial charge in [0.2, 0.25) is 17.7 Å². The van der Waals surface area contributed by atoms with Crippen LogP contribution in [0.15, 0.2) is 140 Å². The van der Waals surface area contributed by atoms with E-state index in [4.69, 9.17) is 20.9 Å². The zero-order valence-corrected chi connectivity index (χ0v) is 43.0. The highest BCUT2D eigenvalue weighted by atomic mass is 16.6. The first-order chi connectivity index (χ1) is 34.2. The Morgan fingerprint density at radius 1 is 0.528 bits per heavy atom. The van der Waals surface area contributed by atoms with Gasteiger partial charge in [-0.05, 0) is 133 Å². The highest BCUT2D eigenvalue weighted by molar-refractivity contribution is 5.94. The fourth-order valence-corrected chi connectivity index (χ4v) is 8.42. The first-order valence-corrected chi connectivity index (χ1v) is 24.9. The van der Waals surface area contributed by atoms with Gasteiger partial charge in [0, 0.05) is 13.0 Å². The molecular weight excluding hydrogens is 907 g/mol. The van der Waals surface area contributed by atoms with Crippen LogP contribution in [0, 0.1) is 6.92 Å². The molecule has 0 aliphatic heterocycles. The molecule has 0 unspecified atom stereocenters. The Kier molecular flexibility index (Phi) is 20.5. The monoisotopic (exact) mass is 982 g/mol. The van der Waals surface area contributed by atoms with Crippen molar-refractivity contribution in [3.05, 3.63) is 173 Å². The third-order valence-corrected chi connectivity index (χ3v) is 11.9. The molecular formula is C58H75N7O7. The lowest BCUT2D eigenvalue weighted by molar-refractivity contribution is -0.158. The standard InChI is InChI=1S/C58H75N7O7/c1-40-28-32-45(33-29-40)58(43-22-13-9-14-23-43,44-24-15-10-16-25-44)62-37-18-17-26-48(53(68)65-50(54(69)72-57(5,6)7)39-42-30-34-46(35-31-42)71-56(2,3)4)64-52(67)49(27-19-36-61-55(60)70)63-51(66)47(59)38-41-20-11-8-12-21-41/h8-16,20-25,28-35,47-50,62H,17-19,26-27,36-39,59H2,1-7H3,(H,63,66)(H,64,67)(H,65,68)(H3,60,61,70)/t47-,48-,49-,50-/m0/s1. The molecule has 14 heteroatoms. The lowest BCUT2D eigenvalue weighted by Gasteiger charge is -2.37. The van der Waals surface area contributed by atoms with E-state index < -0.39 is 70.6 Å². The van der Waals surface area contributed by atoms with Gasteiger partial charge in [0.05, 0.1) is 11.6 Å². The molecule has 0 heterocycles. The first-order valence-electron chi connectivity index (χ1n) is 24.9. The summed E-state index contributed by atoms with van der Waals surface area (Å²) in [6, 6.07) is 40.4. The van der Waals surface area contributed by atoms with Crippen LogP contribution in [0.2, 0.25) is 0 Å². The van der Waals surface area contributed by atoms with Gasteiger partial charge in [-0.1, -0.05) is 133 Å². The fourth-order valence-electron chi connectivity index (χ4n) is 8.42. The van der Waals surface area contributed by atoms with Crippen molar-refractivity contribution in [1.29, 1.82) is 0 Å². The van der Waals surface area contributed by atoms with E-state index in [1.165, 1.54) is 0 Å². The van der Waals surface area contributed by atoms with Crippen LogP contribution in [0.1, 0.15) is 107 Å². The summed E-state index contributed by atoms with van der Waals surface area (Å²) in [5.41, 5.74) is 15.6. The van der Waals surface area contributed by atoms with Crippen LogP contribution < -0.4 is 42.8 Å². The van der Waals surface area contributed by atoms with Crippen molar-refractivity contribution in [2.45, 2.75) is 134 Å². The second kappa shape index (κ2) is 26.4. The molecule has 0 bridgehead atoms. The van der Waals surface area contributed by atoms with E-state index in [9.17, 15) is 24.0 Å². The summed E-state index contributed by atoms with van der Waals surface area (Å²) >= 11 is 0. The van der Waals surface area contributed by atoms with Crippen molar-refractivity contribution < 1.29 is 33.4 Å². The zero-order chi connectivity index (χ0) is 52.3. The third kappa shape index (κ3) is 17.7. The smallest absolute Gasteiger partial charge is 0.329 e. The molecule has 384 valence electrons. The molecule has 0 saturated heterocycles. The number of benzene rings is 5. The van der Waals surface area contributed by atoms with Gasteiger partial charge >= 0.3 is 12.0 Å². The number of primary amides is 1. The van der Waals surface area contributed by atoms with E-state index in [2.05, 4.69) is 82.0 Å². The van der Waals surface area contributed by atoms with Gasteiger partial charge in [-0.15, -0.1) is 0 Å². The molecule has 72 heavy (non-hydrogen) atoms. The molecule has 4 atom stereocenters. The highest BCUT2D eigenvalue weighted by Crippen LogP contribution is 2.37. The van der Waals surface area contributed by atoms with Crippen LogP contribution in [0.25, 0.3) is 0 Å². The van der Waals surface area contributed by atoms with E-state index in [1.807, 2.05) is 112 Å². The van der Waals surface area contributed by atoms with Gasteiger partial charge in [-0.3, -0.25) is 19.7 Å². The van der Waals surface area contributed by atoms with E-state index in [1.54, 1.807) is 20.8 Å². The zero-order valence-electron chi connectivity index (χ0n) is 43.0. The number of aryl methyl sites for hydroxylation is 1. The van der Waals surface area contributed by atoms with Crippen LogP contribution in [0.4, 0.5) is 4.79 Å². The molecule has 5 aromatic rings. The summed E-state index contributed by atoms with van der Waals surface area (Å²) < 4.78 is 11.8. The van der Waals surface area contributed by atoms with Gasteiger partial charge < -0.3 is 42.2 Å². The number of ether oxygens (including phenoxy) is 2. The number of hydrogen-bond acceptors (Lipinski definition) is 9. The maximum absolute atomic E-state index is 14.7. The van der Waals surface area contributed by atoms with E-state index in [0.717, 1.165) is 33.4 Å². The lowest BCUT2D eigenvalue weighted by Crippen LogP contribution is -2.57. The number of carbonyl (C=O) groups excluding carboxylic acids is 5. The summed E-state index contributed by atoms with van der Waals surface area (Å²) in [6.45, 7) is 13.8. The van der Waals surface area contributed by atoms with Crippen molar-refractivity contribution in [2.75, 3.05) is 13.1 Å². The van der Waals surface area contributed by atoms with E-state index in [-0.39, 0.29) is 38.6 Å². The fraction of sp³-hybridized carbons (Fsp3) is 0.397. The number of nitrogens with two attached hydrogens (primary N) is 2. The molecule has 0 fully saturated rings. The summed E-state index contributed by atoms with van der Waals surface area (Å²) in [5, 5.41) is 15.1. The van der Waals surface area contributed by atoms with Gasteiger partial charge in [0.15, 0.2) is 0 Å². The van der Waals surface area contributed by atoms with Gasteiger partial charge in [0.25, 0.3) is 0 Å². The minimum Gasteiger partial charge on any atom is -0.488 e. The topological polar surface area (TPSA) is 216 Å². The normalized spacial score (nSPS) is 13.4. The number of amides is 5. The second-order valence-electron chi connectivity index (χ2n) is 20.3. The molecule has 0 aliphatic rings. The maximum Gasteiger partial charge on any atom is 0.329 e. The number of urea groups is 1. The van der Waals surface area contributed by atoms with Crippen LogP contribution >= 0.6 is 0 Å². The molecule has 0 aliphatic carbocycles. The molecule has 0 saturated carbocycles. The second-order valence-corrected chi connectivity index (χ2v) is 20.3. The summed E-state index contributed by atoms with van der Waals surface area (Å²) in [7, 11) is 0. The Labute approximate surface area is 425 Å². The van der Waals surface area contributed by atoms with Gasteiger partial charge in [-0.25, -0.2) is 9.59 Å². The van der Waals surface area contributed by atoms with Crippen LogP contribution in [-0.2, 0) is 42.3 Å². The number of unbranched alkanes of at least 4 members (excludes halogenated alkanes) is 1. The van der Waals surface area contributed by atoms with Crippen LogP contribution in [-0.4, -0.2) is 78.2 Å². The average Bonchev–Trinajstić information content (AvgIpc) is 3.33. The van der Waals surface area contributed by atoms with E-state index in [0.29, 0.717) is 25.1 Å². The Balaban J connectivity index is 1.43. The molecule has 5 aromatic carbocycles. The van der Waals surface area contributed by atoms with Crippen LogP contribution in [0.5, 0.6) is 5.75 Å². The Morgan fingerprint density at radius 3 is 1.54 bits per heavy atom. The van der Waals surface area contributed by atoms with Gasteiger partial charge in [0.1, 0.15) is 35.1 Å². The number of nitrogens with one attached hydrogen (secondary N) is 5. The number of esters is 1. The third-order valence-electron chi connectivity index (χ3n) is 11.9. The Hall–Kier alpha value is -7.03. The number of carbonyl (C=O) groups is 5. The molecule has 14 nitrogen and oxygen atoms in total. The number of hydrogen-bond donors (Lipinski definition) is 7. The molecule has 5 rings (SSSR count). The number of rotatable bonds is 25. The molecule has 0 spiro atoms.